The third-order valence-electron chi connectivity index (χ3n) is 5.13. The molecule has 1 aromatic carbocycles. The SMILES string of the molecule is COc1cccc(NC(=O)CN(C)C(=O)CN2CCN(C(=O)c3ccc(C)o3)CC2)c1. The van der Waals surface area contributed by atoms with Gasteiger partial charge in [0.2, 0.25) is 11.8 Å². The van der Waals surface area contributed by atoms with E-state index in [1.165, 1.54) is 4.90 Å². The Bertz CT molecular complexity index is 933. The average Bonchev–Trinajstić information content (AvgIpc) is 3.20. The van der Waals surface area contributed by atoms with Crippen molar-refractivity contribution in [3.8, 4) is 5.75 Å². The first kappa shape index (κ1) is 22.4. The third-order valence-corrected chi connectivity index (χ3v) is 5.13. The molecule has 0 atom stereocenters. The lowest BCUT2D eigenvalue weighted by Crippen LogP contribution is -2.51. The van der Waals surface area contributed by atoms with Gasteiger partial charge in [-0.15, -0.1) is 0 Å². The van der Waals surface area contributed by atoms with E-state index in [0.717, 1.165) is 0 Å². The maximum Gasteiger partial charge on any atom is 0.289 e. The van der Waals surface area contributed by atoms with E-state index in [1.54, 1.807) is 62.4 Å². The fourth-order valence-electron chi connectivity index (χ4n) is 3.33. The number of piperazine rings is 1. The van der Waals surface area contributed by atoms with Gasteiger partial charge in [0, 0.05) is 45.0 Å². The van der Waals surface area contributed by atoms with Crippen molar-refractivity contribution in [2.45, 2.75) is 6.92 Å². The highest BCUT2D eigenvalue weighted by molar-refractivity contribution is 5.95. The molecule has 1 aliphatic rings. The van der Waals surface area contributed by atoms with Crippen LogP contribution >= 0.6 is 0 Å². The van der Waals surface area contributed by atoms with E-state index in [9.17, 15) is 14.4 Å². The Morgan fingerprint density at radius 2 is 1.87 bits per heavy atom. The summed E-state index contributed by atoms with van der Waals surface area (Å²) in [5.74, 6) is 1.11. The number of nitrogens with one attached hydrogen (secondary N) is 1. The molecule has 1 aliphatic heterocycles. The normalized spacial score (nSPS) is 14.2. The van der Waals surface area contributed by atoms with E-state index in [2.05, 4.69) is 5.32 Å². The number of nitrogens with zero attached hydrogens (tertiary/aromatic N) is 3. The van der Waals surface area contributed by atoms with Crippen molar-refractivity contribution in [2.75, 3.05) is 58.7 Å². The van der Waals surface area contributed by atoms with E-state index in [4.69, 9.17) is 9.15 Å². The van der Waals surface area contributed by atoms with Crippen LogP contribution in [0, 0.1) is 6.92 Å². The minimum atomic E-state index is -0.284. The lowest BCUT2D eigenvalue weighted by Gasteiger charge is -2.34. The van der Waals surface area contributed by atoms with Crippen molar-refractivity contribution < 1.29 is 23.5 Å². The molecule has 31 heavy (non-hydrogen) atoms. The van der Waals surface area contributed by atoms with E-state index >= 15 is 0 Å². The van der Waals surface area contributed by atoms with Gasteiger partial charge in [0.1, 0.15) is 11.5 Å². The minimum Gasteiger partial charge on any atom is -0.497 e. The molecule has 0 unspecified atom stereocenters. The van der Waals surface area contributed by atoms with Crippen molar-refractivity contribution in [3.05, 3.63) is 47.9 Å². The Balaban J connectivity index is 1.42. The van der Waals surface area contributed by atoms with Crippen molar-refractivity contribution in [1.29, 1.82) is 0 Å². The van der Waals surface area contributed by atoms with E-state index in [1.807, 2.05) is 4.90 Å². The molecule has 2 heterocycles. The van der Waals surface area contributed by atoms with Gasteiger partial charge < -0.3 is 24.3 Å². The number of ether oxygens (including phenoxy) is 1. The number of methoxy groups -OCH3 is 1. The topological polar surface area (TPSA) is 95.3 Å². The second kappa shape index (κ2) is 10.1. The number of furan rings is 1. The predicted molar refractivity (Wildman–Crippen MR) is 115 cm³/mol. The fourth-order valence-corrected chi connectivity index (χ4v) is 3.33. The lowest BCUT2D eigenvalue weighted by molar-refractivity contribution is -0.134. The van der Waals surface area contributed by atoms with Gasteiger partial charge >= 0.3 is 0 Å². The molecular weight excluding hydrogens is 400 g/mol. The van der Waals surface area contributed by atoms with Crippen LogP contribution in [0.2, 0.25) is 0 Å². The molecule has 0 radical (unpaired) electrons. The Kier molecular flexibility index (Phi) is 7.30. The number of amides is 3. The first-order valence-corrected chi connectivity index (χ1v) is 10.1. The first-order valence-electron chi connectivity index (χ1n) is 10.1. The third kappa shape index (κ3) is 6.08. The molecule has 2 aromatic rings. The van der Waals surface area contributed by atoms with Crippen LogP contribution in [0.5, 0.6) is 5.75 Å². The monoisotopic (exact) mass is 428 g/mol. The summed E-state index contributed by atoms with van der Waals surface area (Å²) < 4.78 is 10.5. The van der Waals surface area contributed by atoms with E-state index in [0.29, 0.717) is 49.1 Å². The van der Waals surface area contributed by atoms with Crippen LogP contribution < -0.4 is 10.1 Å². The maximum absolute atomic E-state index is 12.5. The zero-order valence-electron chi connectivity index (χ0n) is 18.1. The summed E-state index contributed by atoms with van der Waals surface area (Å²) in [5, 5.41) is 2.76. The molecule has 9 heteroatoms. The molecule has 1 saturated heterocycles. The molecule has 1 aromatic heterocycles. The van der Waals surface area contributed by atoms with Gasteiger partial charge in [-0.2, -0.15) is 0 Å². The van der Waals surface area contributed by atoms with Crippen molar-refractivity contribution in [1.82, 2.24) is 14.7 Å². The van der Waals surface area contributed by atoms with Crippen LogP contribution in [0.4, 0.5) is 5.69 Å². The highest BCUT2D eigenvalue weighted by Gasteiger charge is 2.26. The number of likely N-dealkylation sites (N-methyl/N-ethyl adjacent to an activating group) is 1. The summed E-state index contributed by atoms with van der Waals surface area (Å²) in [5.41, 5.74) is 0.609. The van der Waals surface area contributed by atoms with Gasteiger partial charge in [-0.05, 0) is 31.2 Å². The molecular formula is C22H28N4O5. The number of anilines is 1. The zero-order valence-corrected chi connectivity index (χ0v) is 18.1. The Labute approximate surface area is 181 Å². The quantitative estimate of drug-likeness (QED) is 0.717. The van der Waals surface area contributed by atoms with Gasteiger partial charge in [-0.1, -0.05) is 6.07 Å². The second-order valence-corrected chi connectivity index (χ2v) is 7.51. The van der Waals surface area contributed by atoms with Crippen LogP contribution in [0.3, 0.4) is 0 Å². The maximum atomic E-state index is 12.5. The van der Waals surface area contributed by atoms with Gasteiger partial charge in [-0.3, -0.25) is 19.3 Å². The first-order chi connectivity index (χ1) is 14.9. The fraction of sp³-hybridized carbons (Fsp3) is 0.409. The van der Waals surface area contributed by atoms with Crippen LogP contribution in [0.1, 0.15) is 16.3 Å². The molecule has 3 amide bonds. The van der Waals surface area contributed by atoms with Crippen molar-refractivity contribution >= 4 is 23.4 Å². The van der Waals surface area contributed by atoms with E-state index < -0.39 is 0 Å². The van der Waals surface area contributed by atoms with Gasteiger partial charge in [0.25, 0.3) is 5.91 Å². The number of hydrogen-bond acceptors (Lipinski definition) is 6. The second-order valence-electron chi connectivity index (χ2n) is 7.51. The van der Waals surface area contributed by atoms with Crippen molar-refractivity contribution in [3.63, 3.8) is 0 Å². The lowest BCUT2D eigenvalue weighted by atomic mass is 10.2. The Morgan fingerprint density at radius 1 is 1.13 bits per heavy atom. The summed E-state index contributed by atoms with van der Waals surface area (Å²) in [6.07, 6.45) is 0. The number of hydrogen-bond donors (Lipinski definition) is 1. The minimum absolute atomic E-state index is 0.0493. The number of rotatable bonds is 7. The Hall–Kier alpha value is -3.33. The van der Waals surface area contributed by atoms with Crippen LogP contribution in [-0.4, -0.2) is 85.8 Å². The summed E-state index contributed by atoms with van der Waals surface area (Å²) in [4.78, 5) is 42.3. The summed E-state index contributed by atoms with van der Waals surface area (Å²) in [7, 11) is 3.16. The molecule has 1 N–H and O–H groups in total. The highest BCUT2D eigenvalue weighted by atomic mass is 16.5. The van der Waals surface area contributed by atoms with Crippen LogP contribution in [0.25, 0.3) is 0 Å². The Morgan fingerprint density at radius 3 is 2.52 bits per heavy atom. The van der Waals surface area contributed by atoms with Crippen LogP contribution in [0.15, 0.2) is 40.8 Å². The summed E-state index contributed by atoms with van der Waals surface area (Å²) in [6.45, 7) is 4.16. The smallest absolute Gasteiger partial charge is 0.289 e. The van der Waals surface area contributed by atoms with Crippen molar-refractivity contribution in [2.24, 2.45) is 0 Å². The molecule has 0 saturated carbocycles. The van der Waals surface area contributed by atoms with Gasteiger partial charge in [0.15, 0.2) is 5.76 Å². The number of carbonyl (C=O) groups excluding carboxylic acids is 3. The molecule has 9 nitrogen and oxygen atoms in total. The van der Waals surface area contributed by atoms with Crippen LogP contribution in [-0.2, 0) is 9.59 Å². The number of carbonyl (C=O) groups is 3. The van der Waals surface area contributed by atoms with Gasteiger partial charge in [0.05, 0.1) is 20.2 Å². The van der Waals surface area contributed by atoms with E-state index in [-0.39, 0.29) is 30.8 Å². The number of benzene rings is 1. The number of aryl methyl sites for hydroxylation is 1. The zero-order chi connectivity index (χ0) is 22.4. The molecule has 166 valence electrons. The standard InChI is InChI=1S/C22H28N4O5/c1-16-7-8-19(31-16)22(29)26-11-9-25(10-12-26)15-21(28)24(2)14-20(27)23-17-5-4-6-18(13-17)30-3/h4-8,13H,9-12,14-15H2,1-3H3,(H,23,27). The highest BCUT2D eigenvalue weighted by Crippen LogP contribution is 2.16. The largest absolute Gasteiger partial charge is 0.497 e. The summed E-state index contributed by atoms with van der Waals surface area (Å²) >= 11 is 0. The molecule has 0 aliphatic carbocycles. The predicted octanol–water partition coefficient (Wildman–Crippen LogP) is 1.45. The summed E-state index contributed by atoms with van der Waals surface area (Å²) in [6, 6.07) is 10.5. The molecule has 3 rings (SSSR count). The molecule has 1 fully saturated rings. The van der Waals surface area contributed by atoms with Gasteiger partial charge in [-0.25, -0.2) is 0 Å². The molecule has 0 bridgehead atoms. The molecule has 0 spiro atoms. The average molecular weight is 428 g/mol.